The van der Waals surface area contributed by atoms with Crippen molar-refractivity contribution in [2.24, 2.45) is 0 Å². The first kappa shape index (κ1) is 10.4. The van der Waals surface area contributed by atoms with Gasteiger partial charge >= 0.3 is 0 Å². The Kier molecular flexibility index (Phi) is 4.06. The lowest BCUT2D eigenvalue weighted by Gasteiger charge is -2.10. The van der Waals surface area contributed by atoms with Gasteiger partial charge in [-0.25, -0.2) is 0 Å². The standard InChI is InChI=1S/C10H14ClNO/c1-8-4-3-5-9(11)10(8)12-6-7-13-2/h3-5,12H,6-7H2,1-2H3. The lowest BCUT2D eigenvalue weighted by molar-refractivity contribution is 0.211. The smallest absolute Gasteiger partial charge is 0.0640 e. The molecule has 0 radical (unpaired) electrons. The summed E-state index contributed by atoms with van der Waals surface area (Å²) < 4.78 is 4.94. The highest BCUT2D eigenvalue weighted by Crippen LogP contribution is 2.24. The van der Waals surface area contributed by atoms with E-state index in [-0.39, 0.29) is 0 Å². The minimum Gasteiger partial charge on any atom is -0.383 e. The lowest BCUT2D eigenvalue weighted by Crippen LogP contribution is -2.08. The Labute approximate surface area is 83.9 Å². The summed E-state index contributed by atoms with van der Waals surface area (Å²) in [5, 5.41) is 3.99. The first-order valence-electron chi connectivity index (χ1n) is 4.23. The van der Waals surface area contributed by atoms with Gasteiger partial charge in [0.05, 0.1) is 17.3 Å². The van der Waals surface area contributed by atoms with Crippen molar-refractivity contribution in [1.82, 2.24) is 0 Å². The Morgan fingerprint density at radius 3 is 2.85 bits per heavy atom. The zero-order valence-corrected chi connectivity index (χ0v) is 8.69. The molecule has 0 amide bonds. The fraction of sp³-hybridized carbons (Fsp3) is 0.400. The number of hydrogen-bond donors (Lipinski definition) is 1. The predicted molar refractivity (Wildman–Crippen MR) is 56.6 cm³/mol. The molecule has 1 N–H and O–H groups in total. The number of para-hydroxylation sites is 1. The molecule has 0 fully saturated rings. The van der Waals surface area contributed by atoms with E-state index in [2.05, 4.69) is 5.32 Å². The van der Waals surface area contributed by atoms with Crippen molar-refractivity contribution >= 4 is 17.3 Å². The predicted octanol–water partition coefficient (Wildman–Crippen LogP) is 2.71. The molecule has 13 heavy (non-hydrogen) atoms. The van der Waals surface area contributed by atoms with E-state index in [0.717, 1.165) is 22.8 Å². The van der Waals surface area contributed by atoms with Crippen LogP contribution in [0.1, 0.15) is 5.56 Å². The van der Waals surface area contributed by atoms with E-state index in [0.29, 0.717) is 6.61 Å². The molecule has 0 aliphatic heterocycles. The van der Waals surface area contributed by atoms with Gasteiger partial charge in [-0.1, -0.05) is 23.7 Å². The molecule has 1 aromatic rings. The lowest BCUT2D eigenvalue weighted by atomic mass is 10.2. The monoisotopic (exact) mass is 199 g/mol. The zero-order valence-electron chi connectivity index (χ0n) is 7.93. The Morgan fingerprint density at radius 2 is 2.23 bits per heavy atom. The molecule has 0 aliphatic rings. The normalized spacial score (nSPS) is 10.1. The number of aryl methyl sites for hydroxylation is 1. The molecule has 0 heterocycles. The van der Waals surface area contributed by atoms with Crippen molar-refractivity contribution in [1.29, 1.82) is 0 Å². The van der Waals surface area contributed by atoms with E-state index in [1.165, 1.54) is 0 Å². The number of nitrogens with one attached hydrogen (secondary N) is 1. The van der Waals surface area contributed by atoms with Crippen LogP contribution in [0, 0.1) is 6.92 Å². The molecule has 3 heteroatoms. The van der Waals surface area contributed by atoms with Gasteiger partial charge in [0.15, 0.2) is 0 Å². The van der Waals surface area contributed by atoms with E-state index in [4.69, 9.17) is 16.3 Å². The Bertz CT molecular complexity index is 255. The molecule has 0 aromatic heterocycles. The SMILES string of the molecule is COCCNc1c(C)cccc1Cl. The van der Waals surface area contributed by atoms with Crippen molar-refractivity contribution < 1.29 is 4.74 Å². The van der Waals surface area contributed by atoms with Gasteiger partial charge in [0, 0.05) is 13.7 Å². The Balaban J connectivity index is 2.64. The first-order chi connectivity index (χ1) is 6.25. The number of halogens is 1. The van der Waals surface area contributed by atoms with Crippen molar-refractivity contribution in [2.45, 2.75) is 6.92 Å². The Morgan fingerprint density at radius 1 is 1.46 bits per heavy atom. The molecule has 0 atom stereocenters. The first-order valence-corrected chi connectivity index (χ1v) is 4.61. The van der Waals surface area contributed by atoms with Crippen LogP contribution in [0.15, 0.2) is 18.2 Å². The number of anilines is 1. The molecular weight excluding hydrogens is 186 g/mol. The van der Waals surface area contributed by atoms with Gasteiger partial charge in [-0.2, -0.15) is 0 Å². The summed E-state index contributed by atoms with van der Waals surface area (Å²) in [7, 11) is 1.68. The second kappa shape index (κ2) is 5.10. The van der Waals surface area contributed by atoms with Crippen LogP contribution < -0.4 is 5.32 Å². The summed E-state index contributed by atoms with van der Waals surface area (Å²) in [5.74, 6) is 0. The average molecular weight is 200 g/mol. The molecule has 0 spiro atoms. The van der Waals surface area contributed by atoms with Gasteiger partial charge in [0.1, 0.15) is 0 Å². The van der Waals surface area contributed by atoms with Crippen LogP contribution in [0.25, 0.3) is 0 Å². The summed E-state index contributed by atoms with van der Waals surface area (Å²) in [6.45, 7) is 3.49. The maximum Gasteiger partial charge on any atom is 0.0640 e. The highest BCUT2D eigenvalue weighted by atomic mass is 35.5. The molecule has 0 aliphatic carbocycles. The molecule has 0 unspecified atom stereocenters. The molecule has 0 bridgehead atoms. The second-order valence-electron chi connectivity index (χ2n) is 2.85. The number of ether oxygens (including phenoxy) is 1. The van der Waals surface area contributed by atoms with Crippen LogP contribution >= 0.6 is 11.6 Å². The van der Waals surface area contributed by atoms with Crippen LogP contribution in [-0.4, -0.2) is 20.3 Å². The van der Waals surface area contributed by atoms with Crippen molar-refractivity contribution in [3.8, 4) is 0 Å². The van der Waals surface area contributed by atoms with Crippen molar-refractivity contribution in [3.63, 3.8) is 0 Å². The van der Waals surface area contributed by atoms with Crippen LogP contribution in [0.2, 0.25) is 5.02 Å². The molecular formula is C10H14ClNO. The molecule has 0 saturated heterocycles. The highest BCUT2D eigenvalue weighted by Gasteiger charge is 2.01. The molecule has 0 saturated carbocycles. The van der Waals surface area contributed by atoms with Gasteiger partial charge in [-0.3, -0.25) is 0 Å². The minimum absolute atomic E-state index is 0.685. The fourth-order valence-corrected chi connectivity index (χ4v) is 1.42. The van der Waals surface area contributed by atoms with Gasteiger partial charge < -0.3 is 10.1 Å². The summed E-state index contributed by atoms with van der Waals surface area (Å²) in [6, 6.07) is 5.85. The topological polar surface area (TPSA) is 21.3 Å². The van der Waals surface area contributed by atoms with E-state index < -0.39 is 0 Å². The maximum absolute atomic E-state index is 6.01. The third-order valence-corrected chi connectivity index (χ3v) is 2.14. The average Bonchev–Trinajstić information content (AvgIpc) is 2.10. The van der Waals surface area contributed by atoms with E-state index in [1.807, 2.05) is 25.1 Å². The van der Waals surface area contributed by atoms with Crippen LogP contribution in [0.3, 0.4) is 0 Å². The summed E-state index contributed by atoms with van der Waals surface area (Å²) in [4.78, 5) is 0. The second-order valence-corrected chi connectivity index (χ2v) is 3.26. The summed E-state index contributed by atoms with van der Waals surface area (Å²) in [6.07, 6.45) is 0. The molecule has 2 nitrogen and oxygen atoms in total. The summed E-state index contributed by atoms with van der Waals surface area (Å²) >= 11 is 6.01. The highest BCUT2D eigenvalue weighted by molar-refractivity contribution is 6.33. The van der Waals surface area contributed by atoms with Crippen molar-refractivity contribution in [2.75, 3.05) is 25.6 Å². The third kappa shape index (κ3) is 2.90. The number of benzene rings is 1. The minimum atomic E-state index is 0.685. The zero-order chi connectivity index (χ0) is 9.68. The fourth-order valence-electron chi connectivity index (χ4n) is 1.13. The number of rotatable bonds is 4. The maximum atomic E-state index is 6.01. The third-order valence-electron chi connectivity index (χ3n) is 1.83. The molecule has 1 aromatic carbocycles. The quantitative estimate of drug-likeness (QED) is 0.753. The van der Waals surface area contributed by atoms with E-state index in [1.54, 1.807) is 7.11 Å². The number of hydrogen-bond acceptors (Lipinski definition) is 2. The van der Waals surface area contributed by atoms with Crippen LogP contribution in [-0.2, 0) is 4.74 Å². The van der Waals surface area contributed by atoms with Gasteiger partial charge in [-0.05, 0) is 18.6 Å². The van der Waals surface area contributed by atoms with Gasteiger partial charge in [-0.15, -0.1) is 0 Å². The van der Waals surface area contributed by atoms with Crippen molar-refractivity contribution in [3.05, 3.63) is 28.8 Å². The van der Waals surface area contributed by atoms with Gasteiger partial charge in [0.2, 0.25) is 0 Å². The molecule has 1 rings (SSSR count). The van der Waals surface area contributed by atoms with Crippen LogP contribution in [0.4, 0.5) is 5.69 Å². The Hall–Kier alpha value is -0.730. The largest absolute Gasteiger partial charge is 0.383 e. The van der Waals surface area contributed by atoms with Gasteiger partial charge in [0.25, 0.3) is 0 Å². The van der Waals surface area contributed by atoms with Crippen LogP contribution in [0.5, 0.6) is 0 Å². The molecule has 72 valence electrons. The summed E-state index contributed by atoms with van der Waals surface area (Å²) in [5.41, 5.74) is 2.16. The van der Waals surface area contributed by atoms with E-state index >= 15 is 0 Å². The van der Waals surface area contributed by atoms with E-state index in [9.17, 15) is 0 Å². The number of methoxy groups -OCH3 is 1.